The zero-order valence-electron chi connectivity index (χ0n) is 36.8. The molecule has 63 heavy (non-hydrogen) atoms. The second-order valence-electron chi connectivity index (χ2n) is 18.6. The molecule has 0 bridgehead atoms. The van der Waals surface area contributed by atoms with Crippen molar-refractivity contribution < 1.29 is 0 Å². The van der Waals surface area contributed by atoms with Gasteiger partial charge in [0.15, 0.2) is 0 Å². The van der Waals surface area contributed by atoms with Crippen molar-refractivity contribution in [1.29, 1.82) is 0 Å². The molecule has 3 aliphatic carbocycles. The van der Waals surface area contributed by atoms with Gasteiger partial charge in [-0.2, -0.15) is 0 Å². The highest BCUT2D eigenvalue weighted by molar-refractivity contribution is 6.05. The zero-order valence-corrected chi connectivity index (χ0v) is 36.8. The Morgan fingerprint density at radius 2 is 1.03 bits per heavy atom. The summed E-state index contributed by atoms with van der Waals surface area (Å²) in [5.41, 5.74) is 20.7. The average Bonchev–Trinajstić information content (AvgIpc) is 3.58. The fraction of sp³-hybridized carbons (Fsp3) is 0.194. The number of fused-ring (bicyclic) bond motifs is 4. The molecule has 0 spiro atoms. The SMILES string of the molecule is CC1CC=CC(c2ccc(-c3ccccc3)cc2)=C1N(c1ccccc1-c1cccc2c1-c1ccccc1C2(C)C)c1ccccc1-c1cccc2cccc(C3CCCCC3)c12. The van der Waals surface area contributed by atoms with Crippen LogP contribution >= 0.6 is 0 Å². The van der Waals surface area contributed by atoms with Crippen molar-refractivity contribution in [1.82, 2.24) is 0 Å². The number of benzene rings is 8. The van der Waals surface area contributed by atoms with E-state index in [2.05, 4.69) is 220 Å². The summed E-state index contributed by atoms with van der Waals surface area (Å²) >= 11 is 0. The molecule has 0 radical (unpaired) electrons. The molecule has 0 heterocycles. The van der Waals surface area contributed by atoms with Crippen LogP contribution in [0.15, 0.2) is 200 Å². The molecule has 8 aromatic carbocycles. The van der Waals surface area contributed by atoms with Gasteiger partial charge in [-0.25, -0.2) is 0 Å². The van der Waals surface area contributed by atoms with Crippen LogP contribution in [0.4, 0.5) is 11.4 Å². The molecule has 0 aliphatic heterocycles. The summed E-state index contributed by atoms with van der Waals surface area (Å²) < 4.78 is 0. The Kier molecular flexibility index (Phi) is 10.1. The third-order valence-corrected chi connectivity index (χ3v) is 14.5. The van der Waals surface area contributed by atoms with Gasteiger partial charge in [0.2, 0.25) is 0 Å². The summed E-state index contributed by atoms with van der Waals surface area (Å²) in [4.78, 5) is 2.67. The lowest BCUT2D eigenvalue weighted by Gasteiger charge is -2.37. The van der Waals surface area contributed by atoms with Crippen LogP contribution in [0.5, 0.6) is 0 Å². The van der Waals surface area contributed by atoms with Gasteiger partial charge in [0.05, 0.1) is 11.4 Å². The number of nitrogens with zero attached hydrogens (tertiary/aromatic N) is 1. The Balaban J connectivity index is 1.19. The van der Waals surface area contributed by atoms with Crippen molar-refractivity contribution in [2.24, 2.45) is 5.92 Å². The largest absolute Gasteiger partial charge is 0.312 e. The van der Waals surface area contributed by atoms with Crippen LogP contribution in [-0.4, -0.2) is 0 Å². The molecule has 308 valence electrons. The van der Waals surface area contributed by atoms with Crippen molar-refractivity contribution >= 4 is 27.7 Å². The molecule has 8 aromatic rings. The predicted octanol–water partition coefficient (Wildman–Crippen LogP) is 17.3. The van der Waals surface area contributed by atoms with E-state index in [9.17, 15) is 0 Å². The van der Waals surface area contributed by atoms with Gasteiger partial charge in [0.25, 0.3) is 0 Å². The second-order valence-corrected chi connectivity index (χ2v) is 18.6. The number of para-hydroxylation sites is 2. The lowest BCUT2D eigenvalue weighted by molar-refractivity contribution is 0.445. The zero-order chi connectivity index (χ0) is 42.5. The van der Waals surface area contributed by atoms with Gasteiger partial charge in [-0.1, -0.05) is 222 Å². The number of anilines is 2. The minimum Gasteiger partial charge on any atom is -0.312 e. The highest BCUT2D eigenvalue weighted by atomic mass is 15.2. The quantitative estimate of drug-likeness (QED) is 0.148. The van der Waals surface area contributed by atoms with Crippen molar-refractivity contribution in [3.8, 4) is 44.5 Å². The smallest absolute Gasteiger partial charge is 0.0537 e. The lowest BCUT2D eigenvalue weighted by atomic mass is 9.80. The van der Waals surface area contributed by atoms with Crippen LogP contribution in [0.25, 0.3) is 60.9 Å². The van der Waals surface area contributed by atoms with Crippen LogP contribution in [0.2, 0.25) is 0 Å². The third-order valence-electron chi connectivity index (χ3n) is 14.5. The maximum Gasteiger partial charge on any atom is 0.0537 e. The van der Waals surface area contributed by atoms with E-state index in [0.717, 1.165) is 6.42 Å². The molecule has 1 unspecified atom stereocenters. The van der Waals surface area contributed by atoms with Gasteiger partial charge in [-0.3, -0.25) is 0 Å². The van der Waals surface area contributed by atoms with Crippen molar-refractivity contribution in [3.63, 3.8) is 0 Å². The molecule has 0 saturated heterocycles. The van der Waals surface area contributed by atoms with Crippen LogP contribution in [0.1, 0.15) is 87.5 Å². The van der Waals surface area contributed by atoms with Gasteiger partial charge in [-0.15, -0.1) is 0 Å². The van der Waals surface area contributed by atoms with Gasteiger partial charge >= 0.3 is 0 Å². The number of rotatable bonds is 8. The van der Waals surface area contributed by atoms with Crippen LogP contribution in [0.3, 0.4) is 0 Å². The normalized spacial score (nSPS) is 16.8. The predicted molar refractivity (Wildman–Crippen MR) is 269 cm³/mol. The summed E-state index contributed by atoms with van der Waals surface area (Å²) in [5, 5.41) is 2.74. The summed E-state index contributed by atoms with van der Waals surface area (Å²) in [6.45, 7) is 7.20. The standard InChI is InChI=1S/C62H55N/c1-42-20-16-31-49(46-40-38-44(39-41-46)43-21-6-4-7-22-43)61(42)63(58-37-15-12-28-51(58)53-33-19-35-56-60(53)54-29-10-13-34-55(54)62(56,2)3)57-36-14-11-27-50(57)52-32-18-26-47-25-17-30-48(59(47)52)45-23-8-5-9-24-45/h4,6-7,10-19,21-22,25-42,45H,5,8-9,20,23-24H2,1-3H3. The first-order valence-corrected chi connectivity index (χ1v) is 23.3. The highest BCUT2D eigenvalue weighted by Gasteiger charge is 2.38. The first-order chi connectivity index (χ1) is 31.0. The maximum absolute atomic E-state index is 2.67. The van der Waals surface area contributed by atoms with Crippen LogP contribution < -0.4 is 4.90 Å². The average molecular weight is 814 g/mol. The molecule has 1 fully saturated rings. The van der Waals surface area contributed by atoms with E-state index in [0.29, 0.717) is 5.92 Å². The first kappa shape index (κ1) is 39.2. The summed E-state index contributed by atoms with van der Waals surface area (Å²) in [6.07, 6.45) is 12.2. The Labute approximate surface area is 374 Å². The molecule has 1 nitrogen and oxygen atoms in total. The molecule has 1 saturated carbocycles. The van der Waals surface area contributed by atoms with Gasteiger partial charge in [0, 0.05) is 33.7 Å². The minimum atomic E-state index is -0.0993. The Morgan fingerprint density at radius 3 is 1.78 bits per heavy atom. The Hall–Kier alpha value is -6.70. The van der Waals surface area contributed by atoms with E-state index in [-0.39, 0.29) is 11.3 Å². The second kappa shape index (κ2) is 16.2. The number of hydrogen-bond donors (Lipinski definition) is 0. The summed E-state index contributed by atoms with van der Waals surface area (Å²) in [7, 11) is 0. The van der Waals surface area contributed by atoms with Crippen molar-refractivity contribution in [3.05, 3.63) is 222 Å². The monoisotopic (exact) mass is 813 g/mol. The van der Waals surface area contributed by atoms with E-state index in [1.54, 1.807) is 0 Å². The summed E-state index contributed by atoms with van der Waals surface area (Å²) in [5.74, 6) is 0.822. The van der Waals surface area contributed by atoms with Gasteiger partial charge in [0.1, 0.15) is 0 Å². The highest BCUT2D eigenvalue weighted by Crippen LogP contribution is 2.55. The first-order valence-electron chi connectivity index (χ1n) is 23.3. The minimum absolute atomic E-state index is 0.0993. The topological polar surface area (TPSA) is 3.24 Å². The third kappa shape index (κ3) is 6.77. The molecule has 0 amide bonds. The maximum atomic E-state index is 2.67. The molecule has 0 aromatic heterocycles. The van der Waals surface area contributed by atoms with E-state index in [1.165, 1.54) is 132 Å². The molecular weight excluding hydrogens is 759 g/mol. The van der Waals surface area contributed by atoms with Crippen molar-refractivity contribution in [2.45, 2.75) is 70.6 Å². The Bertz CT molecular complexity index is 3040. The van der Waals surface area contributed by atoms with Crippen LogP contribution in [0, 0.1) is 5.92 Å². The fourth-order valence-electron chi connectivity index (χ4n) is 11.4. The molecule has 1 heteroatoms. The number of hydrogen-bond acceptors (Lipinski definition) is 1. The molecular formula is C62H55N. The molecule has 0 N–H and O–H groups in total. The number of allylic oxidation sites excluding steroid dienone is 4. The van der Waals surface area contributed by atoms with Gasteiger partial charge in [-0.05, 0) is 104 Å². The van der Waals surface area contributed by atoms with Gasteiger partial charge < -0.3 is 4.90 Å². The summed E-state index contributed by atoms with van der Waals surface area (Å²) in [6, 6.07) is 68.6. The van der Waals surface area contributed by atoms with E-state index in [4.69, 9.17) is 0 Å². The fourth-order valence-corrected chi connectivity index (χ4v) is 11.4. The van der Waals surface area contributed by atoms with E-state index in [1.807, 2.05) is 0 Å². The molecule has 1 atom stereocenters. The molecule has 3 aliphatic rings. The van der Waals surface area contributed by atoms with Crippen LogP contribution in [-0.2, 0) is 5.41 Å². The van der Waals surface area contributed by atoms with Crippen molar-refractivity contribution in [2.75, 3.05) is 4.90 Å². The van der Waals surface area contributed by atoms with E-state index < -0.39 is 0 Å². The molecule has 11 rings (SSSR count). The van der Waals surface area contributed by atoms with E-state index >= 15 is 0 Å². The lowest BCUT2D eigenvalue weighted by Crippen LogP contribution is -2.25. The Morgan fingerprint density at radius 1 is 0.476 bits per heavy atom.